The molecule has 5 rings (SSSR count). The number of ether oxygens (including phenoxy) is 2. The van der Waals surface area contributed by atoms with Gasteiger partial charge in [-0.1, -0.05) is 35.4 Å². The van der Waals surface area contributed by atoms with Crippen molar-refractivity contribution in [2.75, 3.05) is 6.54 Å². The van der Waals surface area contributed by atoms with Gasteiger partial charge in [-0.15, -0.1) is 0 Å². The Morgan fingerprint density at radius 2 is 2.00 bits per heavy atom. The zero-order valence-corrected chi connectivity index (χ0v) is 23.3. The molecule has 2 aliphatic carbocycles. The van der Waals surface area contributed by atoms with Crippen molar-refractivity contribution in [2.24, 2.45) is 11.8 Å². The van der Waals surface area contributed by atoms with E-state index in [0.717, 1.165) is 29.5 Å². The molecular weight excluding hydrogens is 525 g/mol. The summed E-state index contributed by atoms with van der Waals surface area (Å²) >= 11 is 12.9. The number of carbonyl (C=O) groups excluding carboxylic acids is 2. The highest BCUT2D eigenvalue weighted by atomic mass is 35.5. The van der Waals surface area contributed by atoms with E-state index < -0.39 is 23.8 Å². The molecule has 38 heavy (non-hydrogen) atoms. The third kappa shape index (κ3) is 6.33. The number of halogens is 2. The van der Waals surface area contributed by atoms with Gasteiger partial charge in [-0.05, 0) is 81.4 Å². The lowest BCUT2D eigenvalue weighted by Crippen LogP contribution is -2.58. The molecule has 1 aliphatic heterocycles. The van der Waals surface area contributed by atoms with E-state index in [1.807, 2.05) is 56.0 Å². The number of carbonyl (C=O) groups is 2. The summed E-state index contributed by atoms with van der Waals surface area (Å²) in [6.07, 6.45) is 10.7. The van der Waals surface area contributed by atoms with Gasteiger partial charge in [-0.2, -0.15) is 5.10 Å². The molecule has 0 spiro atoms. The van der Waals surface area contributed by atoms with Gasteiger partial charge in [0, 0.05) is 34.3 Å². The predicted molar refractivity (Wildman–Crippen MR) is 147 cm³/mol. The van der Waals surface area contributed by atoms with Crippen LogP contribution >= 0.6 is 23.2 Å². The van der Waals surface area contributed by atoms with Crippen LogP contribution in [-0.2, 0) is 19.1 Å². The van der Waals surface area contributed by atoms with Crippen LogP contribution < -0.4 is 0 Å². The van der Waals surface area contributed by atoms with Crippen molar-refractivity contribution in [3.05, 3.63) is 64.4 Å². The average molecular weight is 559 g/mol. The first-order valence-electron chi connectivity index (χ1n) is 13.1. The Kier molecular flexibility index (Phi) is 7.72. The summed E-state index contributed by atoms with van der Waals surface area (Å²) in [6.45, 7) is 6.06. The second-order valence-corrected chi connectivity index (χ2v) is 12.2. The van der Waals surface area contributed by atoms with Crippen LogP contribution in [-0.4, -0.2) is 51.3 Å². The zero-order chi connectivity index (χ0) is 27.0. The average Bonchev–Trinajstić information content (AvgIpc) is 3.49. The second-order valence-electron chi connectivity index (χ2n) is 11.4. The smallest absolute Gasteiger partial charge is 0.309 e. The van der Waals surface area contributed by atoms with E-state index in [1.165, 1.54) is 0 Å². The lowest BCUT2D eigenvalue weighted by molar-refractivity contribution is -0.185. The van der Waals surface area contributed by atoms with Crippen LogP contribution in [0.1, 0.15) is 58.1 Å². The molecule has 0 bridgehead atoms. The van der Waals surface area contributed by atoms with Crippen molar-refractivity contribution in [1.82, 2.24) is 15.1 Å². The maximum atomic E-state index is 13.9. The number of aromatic amines is 1. The zero-order valence-electron chi connectivity index (χ0n) is 21.8. The molecule has 0 radical (unpaired) electrons. The number of nitrogens with one attached hydrogen (secondary N) is 1. The van der Waals surface area contributed by atoms with E-state index in [0.29, 0.717) is 28.9 Å². The highest BCUT2D eigenvalue weighted by Gasteiger charge is 2.48. The number of rotatable bonds is 7. The molecule has 1 aromatic carbocycles. The molecule has 4 atom stereocenters. The maximum Gasteiger partial charge on any atom is 0.309 e. The number of esters is 1. The fourth-order valence-electron chi connectivity index (χ4n) is 5.22. The van der Waals surface area contributed by atoms with Crippen LogP contribution in [0, 0.1) is 11.8 Å². The molecule has 1 aromatic heterocycles. The van der Waals surface area contributed by atoms with Crippen LogP contribution in [0.4, 0.5) is 0 Å². The molecule has 1 N–H and O–H groups in total. The molecule has 1 saturated heterocycles. The number of hydrogen-bond donors (Lipinski definition) is 1. The van der Waals surface area contributed by atoms with Crippen molar-refractivity contribution < 1.29 is 19.1 Å². The predicted octanol–water partition coefficient (Wildman–Crippen LogP) is 6.21. The van der Waals surface area contributed by atoms with Gasteiger partial charge in [0.15, 0.2) is 0 Å². The number of morpholine rings is 1. The summed E-state index contributed by atoms with van der Waals surface area (Å²) in [5.41, 5.74) is 1.97. The summed E-state index contributed by atoms with van der Waals surface area (Å²) < 4.78 is 12.1. The highest BCUT2D eigenvalue weighted by molar-refractivity contribution is 6.31. The first-order valence-corrected chi connectivity index (χ1v) is 13.8. The van der Waals surface area contributed by atoms with Crippen LogP contribution in [0.5, 0.6) is 0 Å². The van der Waals surface area contributed by atoms with Crippen molar-refractivity contribution in [3.63, 3.8) is 0 Å². The van der Waals surface area contributed by atoms with Crippen LogP contribution in [0.3, 0.4) is 0 Å². The fourth-order valence-corrected chi connectivity index (χ4v) is 5.62. The SMILES string of the molecule is CC(C)(C)OC(=O)CC1OC(c2cc(Cl)cc(-c3cn[nH]c3)c2)C(C2C=CC(Cl)=CC2)N(CC2CC2)C1=O. The van der Waals surface area contributed by atoms with Crippen LogP contribution in [0.15, 0.2) is 53.9 Å². The van der Waals surface area contributed by atoms with Crippen molar-refractivity contribution in [1.29, 1.82) is 0 Å². The number of aromatic nitrogens is 2. The van der Waals surface area contributed by atoms with Gasteiger partial charge in [0.05, 0.1) is 18.7 Å². The van der Waals surface area contributed by atoms with Gasteiger partial charge in [0.2, 0.25) is 0 Å². The number of nitrogens with zero attached hydrogens (tertiary/aromatic N) is 2. The minimum Gasteiger partial charge on any atom is -0.460 e. The number of allylic oxidation sites excluding steroid dienone is 3. The molecule has 9 heteroatoms. The Balaban J connectivity index is 1.54. The number of amides is 1. The van der Waals surface area contributed by atoms with Crippen molar-refractivity contribution in [3.8, 4) is 11.1 Å². The first kappa shape index (κ1) is 27.0. The number of benzene rings is 1. The van der Waals surface area contributed by atoms with Crippen molar-refractivity contribution in [2.45, 2.75) is 70.3 Å². The molecule has 1 amide bonds. The molecule has 2 aromatic rings. The Hall–Kier alpha value is -2.61. The van der Waals surface area contributed by atoms with E-state index in [4.69, 9.17) is 32.7 Å². The normalized spacial score (nSPS) is 25.9. The first-order chi connectivity index (χ1) is 18.1. The van der Waals surface area contributed by atoms with Gasteiger partial charge in [0.1, 0.15) is 17.8 Å². The Morgan fingerprint density at radius 1 is 1.21 bits per heavy atom. The summed E-state index contributed by atoms with van der Waals surface area (Å²) in [5.74, 6) is -0.189. The summed E-state index contributed by atoms with van der Waals surface area (Å²) in [4.78, 5) is 28.6. The molecule has 3 aliphatic rings. The Morgan fingerprint density at radius 3 is 2.63 bits per heavy atom. The fraction of sp³-hybridized carbons (Fsp3) is 0.483. The molecular formula is C29H33Cl2N3O4. The van der Waals surface area contributed by atoms with E-state index in [9.17, 15) is 9.59 Å². The molecule has 7 nitrogen and oxygen atoms in total. The minimum atomic E-state index is -0.951. The van der Waals surface area contributed by atoms with Crippen LogP contribution in [0.2, 0.25) is 5.02 Å². The minimum absolute atomic E-state index is 0.0102. The summed E-state index contributed by atoms with van der Waals surface area (Å²) in [6, 6.07) is 5.50. The summed E-state index contributed by atoms with van der Waals surface area (Å²) in [7, 11) is 0. The van der Waals surface area contributed by atoms with E-state index >= 15 is 0 Å². The number of H-pyrrole nitrogens is 1. The van der Waals surface area contributed by atoms with E-state index in [2.05, 4.69) is 16.3 Å². The topological polar surface area (TPSA) is 84.5 Å². The Bertz CT molecular complexity index is 1250. The molecule has 2 heterocycles. The quantitative estimate of drug-likeness (QED) is 0.409. The molecule has 1 saturated carbocycles. The Labute approximate surface area is 233 Å². The summed E-state index contributed by atoms with van der Waals surface area (Å²) in [5, 5.41) is 8.15. The van der Waals surface area contributed by atoms with Gasteiger partial charge in [-0.25, -0.2) is 0 Å². The molecule has 202 valence electrons. The second kappa shape index (κ2) is 10.9. The van der Waals surface area contributed by atoms with Gasteiger partial charge >= 0.3 is 5.97 Å². The largest absolute Gasteiger partial charge is 0.460 e. The molecule has 4 unspecified atom stereocenters. The number of hydrogen-bond acceptors (Lipinski definition) is 5. The standard InChI is InChI=1S/C29H33Cl2N3O4/c1-29(2,3)38-25(35)13-24-28(36)34(16-17-4-5-17)26(18-6-8-22(30)9-7-18)27(37-24)20-10-19(11-23(31)12-20)21-14-32-33-15-21/h6,8-12,14-15,17-18,24,26-27H,4-5,7,13,16H2,1-3H3,(H,32,33). The maximum absolute atomic E-state index is 13.9. The lowest BCUT2D eigenvalue weighted by atomic mass is 9.83. The van der Waals surface area contributed by atoms with Gasteiger partial charge < -0.3 is 14.4 Å². The third-order valence-corrected chi connectivity index (χ3v) is 7.57. The van der Waals surface area contributed by atoms with Crippen LogP contribution in [0.25, 0.3) is 11.1 Å². The van der Waals surface area contributed by atoms with Gasteiger partial charge in [-0.3, -0.25) is 14.7 Å². The van der Waals surface area contributed by atoms with Crippen molar-refractivity contribution >= 4 is 35.1 Å². The molecule has 2 fully saturated rings. The highest BCUT2D eigenvalue weighted by Crippen LogP contribution is 2.43. The third-order valence-electron chi connectivity index (χ3n) is 7.07. The monoisotopic (exact) mass is 557 g/mol. The van der Waals surface area contributed by atoms with E-state index in [1.54, 1.807) is 12.4 Å². The van der Waals surface area contributed by atoms with Gasteiger partial charge in [0.25, 0.3) is 5.91 Å². The lowest BCUT2D eigenvalue weighted by Gasteiger charge is -2.47. The van der Waals surface area contributed by atoms with E-state index in [-0.39, 0.29) is 24.3 Å².